The molecule has 21 heavy (non-hydrogen) atoms. The Kier molecular flexibility index (Phi) is 3.73. The number of nitrogens with zero attached hydrogens (tertiary/aromatic N) is 1. The summed E-state index contributed by atoms with van der Waals surface area (Å²) in [7, 11) is 1.67. The van der Waals surface area contributed by atoms with Crippen molar-refractivity contribution in [1.82, 2.24) is 0 Å². The maximum absolute atomic E-state index is 11.3. The van der Waals surface area contributed by atoms with Crippen LogP contribution in [0.4, 0.5) is 0 Å². The maximum atomic E-state index is 11.3. The van der Waals surface area contributed by atoms with Crippen LogP contribution in [0, 0.1) is 5.21 Å². The standard InChI is InChI=1S/C18H17NO2/c1-21-17-9-6-14(7-10-17)5-8-15-3-2-4-16-13-19(20)12-11-18(15)16/h2-4,6-7,9-13H,5,8H2,1H3. The first kappa shape index (κ1) is 13.4. The third kappa shape index (κ3) is 2.97. The van der Waals surface area contributed by atoms with Gasteiger partial charge in [-0.05, 0) is 47.6 Å². The Bertz CT molecular complexity index is 751. The van der Waals surface area contributed by atoms with E-state index in [0.29, 0.717) is 0 Å². The summed E-state index contributed by atoms with van der Waals surface area (Å²) in [5.74, 6) is 0.879. The third-order valence-electron chi connectivity index (χ3n) is 3.73. The Balaban J connectivity index is 1.81. The Morgan fingerprint density at radius 3 is 2.57 bits per heavy atom. The van der Waals surface area contributed by atoms with E-state index < -0.39 is 0 Å². The van der Waals surface area contributed by atoms with Crippen LogP contribution < -0.4 is 9.47 Å². The molecular formula is C18H17NO2. The average molecular weight is 279 g/mol. The second-order valence-corrected chi connectivity index (χ2v) is 5.07. The quantitative estimate of drug-likeness (QED) is 0.543. The van der Waals surface area contributed by atoms with E-state index in [-0.39, 0.29) is 0 Å². The largest absolute Gasteiger partial charge is 0.619 e. The van der Waals surface area contributed by atoms with Crippen molar-refractivity contribution in [3.8, 4) is 5.75 Å². The number of methoxy groups -OCH3 is 1. The van der Waals surface area contributed by atoms with Gasteiger partial charge in [-0.15, -0.1) is 0 Å². The molecule has 0 N–H and O–H groups in total. The Labute approximate surface area is 124 Å². The monoisotopic (exact) mass is 279 g/mol. The van der Waals surface area contributed by atoms with Crippen LogP contribution in [0.2, 0.25) is 0 Å². The minimum Gasteiger partial charge on any atom is -0.619 e. The van der Waals surface area contributed by atoms with Crippen LogP contribution in [0.15, 0.2) is 60.9 Å². The van der Waals surface area contributed by atoms with Gasteiger partial charge in [-0.1, -0.05) is 24.3 Å². The first-order valence-corrected chi connectivity index (χ1v) is 6.99. The van der Waals surface area contributed by atoms with Crippen LogP contribution in [0.5, 0.6) is 5.75 Å². The molecule has 0 saturated carbocycles. The lowest BCUT2D eigenvalue weighted by atomic mass is 9.99. The van der Waals surface area contributed by atoms with Gasteiger partial charge in [0.2, 0.25) is 0 Å². The highest BCUT2D eigenvalue weighted by molar-refractivity contribution is 5.84. The molecule has 0 aliphatic heterocycles. The van der Waals surface area contributed by atoms with Crippen LogP contribution in [-0.2, 0) is 12.8 Å². The molecule has 0 saturated heterocycles. The lowest BCUT2D eigenvalue weighted by molar-refractivity contribution is -0.603. The van der Waals surface area contributed by atoms with E-state index in [9.17, 15) is 5.21 Å². The molecule has 0 aliphatic carbocycles. The molecule has 106 valence electrons. The van der Waals surface area contributed by atoms with Gasteiger partial charge in [-0.3, -0.25) is 0 Å². The Morgan fingerprint density at radius 2 is 1.81 bits per heavy atom. The van der Waals surface area contributed by atoms with Gasteiger partial charge in [-0.25, -0.2) is 0 Å². The summed E-state index contributed by atoms with van der Waals surface area (Å²) in [5.41, 5.74) is 2.55. The SMILES string of the molecule is COc1ccc(CCc2cccc3c[n+]([O-])ccc23)cc1. The summed E-state index contributed by atoms with van der Waals surface area (Å²) < 4.78 is 6.01. The molecule has 0 amide bonds. The number of aromatic nitrogens is 1. The van der Waals surface area contributed by atoms with E-state index in [1.165, 1.54) is 11.1 Å². The van der Waals surface area contributed by atoms with Gasteiger partial charge in [-0.2, -0.15) is 4.73 Å². The number of hydrogen-bond donors (Lipinski definition) is 0. The first-order chi connectivity index (χ1) is 10.3. The fourth-order valence-corrected chi connectivity index (χ4v) is 2.57. The highest BCUT2D eigenvalue weighted by Crippen LogP contribution is 2.19. The number of ether oxygens (including phenoxy) is 1. The number of pyridine rings is 1. The second-order valence-electron chi connectivity index (χ2n) is 5.07. The van der Waals surface area contributed by atoms with Crippen molar-refractivity contribution >= 4 is 10.8 Å². The van der Waals surface area contributed by atoms with Crippen molar-refractivity contribution in [1.29, 1.82) is 0 Å². The highest BCUT2D eigenvalue weighted by Gasteiger charge is 2.04. The van der Waals surface area contributed by atoms with Crippen molar-refractivity contribution in [2.24, 2.45) is 0 Å². The van der Waals surface area contributed by atoms with Gasteiger partial charge >= 0.3 is 0 Å². The van der Waals surface area contributed by atoms with Crippen molar-refractivity contribution in [3.05, 3.63) is 77.3 Å². The summed E-state index contributed by atoms with van der Waals surface area (Å²) in [5, 5.41) is 13.5. The normalized spacial score (nSPS) is 10.7. The smallest absolute Gasteiger partial charge is 0.188 e. The number of rotatable bonds is 4. The van der Waals surface area contributed by atoms with Gasteiger partial charge in [0.05, 0.1) is 7.11 Å². The molecule has 0 aliphatic rings. The number of aryl methyl sites for hydroxylation is 2. The summed E-state index contributed by atoms with van der Waals surface area (Å²) in [6.45, 7) is 0. The van der Waals surface area contributed by atoms with Crippen LogP contribution >= 0.6 is 0 Å². The van der Waals surface area contributed by atoms with E-state index in [1.807, 2.05) is 30.3 Å². The first-order valence-electron chi connectivity index (χ1n) is 6.99. The molecule has 3 rings (SSSR count). The van der Waals surface area contributed by atoms with Crippen LogP contribution in [0.3, 0.4) is 0 Å². The second kappa shape index (κ2) is 5.83. The molecule has 3 heteroatoms. The van der Waals surface area contributed by atoms with Crippen LogP contribution in [-0.4, -0.2) is 7.11 Å². The molecule has 0 radical (unpaired) electrons. The minimum absolute atomic E-state index is 0.843. The molecule has 0 bridgehead atoms. The van der Waals surface area contributed by atoms with Gasteiger partial charge in [0, 0.05) is 11.5 Å². The van der Waals surface area contributed by atoms with Gasteiger partial charge in [0.25, 0.3) is 0 Å². The highest BCUT2D eigenvalue weighted by atomic mass is 16.5. The zero-order chi connectivity index (χ0) is 14.7. The minimum atomic E-state index is 0.843. The van der Waals surface area contributed by atoms with E-state index >= 15 is 0 Å². The molecule has 3 aromatic rings. The molecule has 1 aromatic heterocycles. The predicted octanol–water partition coefficient (Wildman–Crippen LogP) is 3.27. The lowest BCUT2D eigenvalue weighted by Crippen LogP contribution is -2.23. The van der Waals surface area contributed by atoms with Crippen LogP contribution in [0.25, 0.3) is 10.8 Å². The van der Waals surface area contributed by atoms with Gasteiger partial charge in [0.1, 0.15) is 5.75 Å². The Hall–Kier alpha value is -2.55. The Morgan fingerprint density at radius 1 is 1.00 bits per heavy atom. The number of fused-ring (bicyclic) bond motifs is 1. The van der Waals surface area contributed by atoms with E-state index in [2.05, 4.69) is 18.2 Å². The number of benzene rings is 2. The van der Waals surface area contributed by atoms with Crippen molar-refractivity contribution in [3.63, 3.8) is 0 Å². The van der Waals surface area contributed by atoms with Crippen LogP contribution in [0.1, 0.15) is 11.1 Å². The third-order valence-corrected chi connectivity index (χ3v) is 3.73. The van der Waals surface area contributed by atoms with E-state index in [4.69, 9.17) is 4.74 Å². The molecular weight excluding hydrogens is 262 g/mol. The molecule has 0 spiro atoms. The molecule has 0 fully saturated rings. The molecule has 3 nitrogen and oxygen atoms in total. The van der Waals surface area contributed by atoms with Crippen molar-refractivity contribution in [2.75, 3.05) is 7.11 Å². The molecule has 1 heterocycles. The fraction of sp³-hybridized carbons (Fsp3) is 0.167. The maximum Gasteiger partial charge on any atom is 0.188 e. The molecule has 0 atom stereocenters. The fourth-order valence-electron chi connectivity index (χ4n) is 2.57. The summed E-state index contributed by atoms with van der Waals surface area (Å²) in [6.07, 6.45) is 5.09. The van der Waals surface area contributed by atoms with E-state index in [1.54, 1.807) is 19.5 Å². The molecule has 0 unspecified atom stereocenters. The number of hydrogen-bond acceptors (Lipinski definition) is 2. The summed E-state index contributed by atoms with van der Waals surface area (Å²) in [6, 6.07) is 16.2. The summed E-state index contributed by atoms with van der Waals surface area (Å²) in [4.78, 5) is 0. The lowest BCUT2D eigenvalue weighted by Gasteiger charge is -2.07. The topological polar surface area (TPSA) is 36.2 Å². The average Bonchev–Trinajstić information content (AvgIpc) is 2.53. The zero-order valence-corrected chi connectivity index (χ0v) is 12.0. The summed E-state index contributed by atoms with van der Waals surface area (Å²) >= 11 is 0. The van der Waals surface area contributed by atoms with Crippen molar-refractivity contribution < 1.29 is 9.47 Å². The van der Waals surface area contributed by atoms with Crippen molar-refractivity contribution in [2.45, 2.75) is 12.8 Å². The van der Waals surface area contributed by atoms with Gasteiger partial charge in [0.15, 0.2) is 12.4 Å². The van der Waals surface area contributed by atoms with E-state index in [0.717, 1.165) is 34.1 Å². The predicted molar refractivity (Wildman–Crippen MR) is 83.3 cm³/mol. The zero-order valence-electron chi connectivity index (χ0n) is 12.0. The molecule has 2 aromatic carbocycles. The van der Waals surface area contributed by atoms with Gasteiger partial charge < -0.3 is 9.94 Å².